The van der Waals surface area contributed by atoms with Gasteiger partial charge in [-0.15, -0.1) is 0 Å². The van der Waals surface area contributed by atoms with Crippen molar-refractivity contribution in [1.82, 2.24) is 0 Å². The van der Waals surface area contributed by atoms with Crippen LogP contribution in [0.5, 0.6) is 0 Å². The number of hydrogen-bond donors (Lipinski definition) is 0. The highest BCUT2D eigenvalue weighted by Gasteiger charge is 2.32. The van der Waals surface area contributed by atoms with E-state index < -0.39 is 4.46 Å². The molecule has 0 N–H and O–H groups in total. The van der Waals surface area contributed by atoms with Crippen molar-refractivity contribution in [3.05, 3.63) is 35.4 Å². The lowest BCUT2D eigenvalue weighted by Crippen LogP contribution is -2.09. The molecular formula is C12H10Cl2N2O2. The lowest BCUT2D eigenvalue weighted by molar-refractivity contribution is 0.330. The molecule has 0 atom stereocenters. The van der Waals surface area contributed by atoms with Gasteiger partial charge in [-0.25, -0.2) is 9.98 Å². The Morgan fingerprint density at radius 3 is 2.17 bits per heavy atom. The van der Waals surface area contributed by atoms with Gasteiger partial charge in [0.15, 0.2) is 0 Å². The van der Waals surface area contributed by atoms with E-state index in [0.717, 1.165) is 11.1 Å². The minimum atomic E-state index is -1.17. The number of nitrogens with zero attached hydrogens (tertiary/aromatic N) is 2. The van der Waals surface area contributed by atoms with E-state index in [-0.39, 0.29) is 6.61 Å². The van der Waals surface area contributed by atoms with Gasteiger partial charge >= 0.3 is 0 Å². The second kappa shape index (κ2) is 4.44. The van der Waals surface area contributed by atoms with E-state index in [2.05, 4.69) is 9.98 Å². The third-order valence-electron chi connectivity index (χ3n) is 2.61. The van der Waals surface area contributed by atoms with Gasteiger partial charge < -0.3 is 9.47 Å². The second-order valence-corrected chi connectivity index (χ2v) is 5.43. The van der Waals surface area contributed by atoms with Gasteiger partial charge in [0.2, 0.25) is 16.3 Å². The minimum absolute atomic E-state index is 0.170. The minimum Gasteiger partial charge on any atom is -0.476 e. The van der Waals surface area contributed by atoms with E-state index >= 15 is 0 Å². The summed E-state index contributed by atoms with van der Waals surface area (Å²) in [4.78, 5) is 8.33. The summed E-state index contributed by atoms with van der Waals surface area (Å²) >= 11 is 11.7. The molecule has 3 rings (SSSR count). The average Bonchev–Trinajstić information content (AvgIpc) is 2.98. The van der Waals surface area contributed by atoms with Crippen LogP contribution < -0.4 is 0 Å². The van der Waals surface area contributed by atoms with Crippen molar-refractivity contribution in [2.24, 2.45) is 9.98 Å². The van der Waals surface area contributed by atoms with Crippen LogP contribution >= 0.6 is 23.2 Å². The predicted molar refractivity (Wildman–Crippen MR) is 70.7 cm³/mol. The van der Waals surface area contributed by atoms with E-state index in [1.54, 1.807) is 0 Å². The Balaban J connectivity index is 1.83. The van der Waals surface area contributed by atoms with Crippen LogP contribution in [0.15, 0.2) is 34.3 Å². The molecule has 4 nitrogen and oxygen atoms in total. The molecule has 6 heteroatoms. The summed E-state index contributed by atoms with van der Waals surface area (Å²) in [7, 11) is 0. The topological polar surface area (TPSA) is 43.2 Å². The van der Waals surface area contributed by atoms with Crippen LogP contribution in [0.25, 0.3) is 0 Å². The molecular weight excluding hydrogens is 275 g/mol. The highest BCUT2D eigenvalue weighted by atomic mass is 35.5. The van der Waals surface area contributed by atoms with Crippen LogP contribution in [0.3, 0.4) is 0 Å². The number of ether oxygens (including phenoxy) is 2. The van der Waals surface area contributed by atoms with Gasteiger partial charge in [-0.1, -0.05) is 23.2 Å². The molecule has 0 unspecified atom stereocenters. The van der Waals surface area contributed by atoms with Crippen LogP contribution in [-0.4, -0.2) is 36.0 Å². The molecule has 0 fully saturated rings. The van der Waals surface area contributed by atoms with E-state index in [0.29, 0.717) is 24.9 Å². The van der Waals surface area contributed by atoms with Crippen molar-refractivity contribution in [3.63, 3.8) is 0 Å². The van der Waals surface area contributed by atoms with E-state index in [1.165, 1.54) is 0 Å². The zero-order valence-corrected chi connectivity index (χ0v) is 10.9. The fraction of sp³-hybridized carbons (Fsp3) is 0.333. The molecule has 0 aliphatic carbocycles. The Morgan fingerprint density at radius 2 is 1.67 bits per heavy atom. The molecule has 0 radical (unpaired) electrons. The van der Waals surface area contributed by atoms with Gasteiger partial charge in [-0.2, -0.15) is 0 Å². The Morgan fingerprint density at radius 1 is 1.00 bits per heavy atom. The normalized spacial score (nSPS) is 21.0. The van der Waals surface area contributed by atoms with Gasteiger partial charge in [-0.05, 0) is 24.3 Å². The number of halogens is 2. The lowest BCUT2D eigenvalue weighted by atomic mass is 10.1. The number of hydrogen-bond acceptors (Lipinski definition) is 4. The van der Waals surface area contributed by atoms with Crippen LogP contribution in [0.1, 0.15) is 11.1 Å². The van der Waals surface area contributed by atoms with E-state index in [4.69, 9.17) is 32.7 Å². The van der Waals surface area contributed by atoms with Crippen molar-refractivity contribution >= 4 is 35.0 Å². The first-order valence-electron chi connectivity index (χ1n) is 5.53. The Labute approximate surface area is 114 Å². The standard InChI is InChI=1S/C12H10Cl2N2O2/c13-12(14)7-18-11(16-12)9-3-1-8(2-4-9)10-15-5-6-17-10/h1-4H,5-7H2. The molecule has 2 aliphatic heterocycles. The summed E-state index contributed by atoms with van der Waals surface area (Å²) < 4.78 is 9.55. The molecule has 0 saturated carbocycles. The third kappa shape index (κ3) is 2.31. The molecule has 0 bridgehead atoms. The fourth-order valence-corrected chi connectivity index (χ4v) is 2.04. The van der Waals surface area contributed by atoms with Crippen LogP contribution in [0.2, 0.25) is 0 Å². The predicted octanol–water partition coefficient (Wildman–Crippen LogP) is 2.37. The summed E-state index contributed by atoms with van der Waals surface area (Å²) in [5.74, 6) is 1.14. The lowest BCUT2D eigenvalue weighted by Gasteiger charge is -2.04. The van der Waals surface area contributed by atoms with Crippen molar-refractivity contribution < 1.29 is 9.47 Å². The van der Waals surface area contributed by atoms with Gasteiger partial charge in [0, 0.05) is 11.1 Å². The molecule has 94 valence electrons. The SMILES string of the molecule is ClC1(Cl)COC(c2ccc(C3=NCCO3)cc2)=N1. The Bertz CT molecular complexity index is 523. The van der Waals surface area contributed by atoms with E-state index in [9.17, 15) is 0 Å². The summed E-state index contributed by atoms with van der Waals surface area (Å²) in [6.45, 7) is 1.53. The van der Waals surface area contributed by atoms with Crippen LogP contribution in [-0.2, 0) is 9.47 Å². The molecule has 1 aromatic carbocycles. The Hall–Kier alpha value is -1.26. The number of benzene rings is 1. The maximum atomic E-state index is 5.86. The molecule has 2 heterocycles. The molecule has 0 amide bonds. The van der Waals surface area contributed by atoms with Crippen molar-refractivity contribution in [3.8, 4) is 0 Å². The molecule has 0 aromatic heterocycles. The summed E-state index contributed by atoms with van der Waals surface area (Å²) in [5, 5.41) is 0. The monoisotopic (exact) mass is 284 g/mol. The number of alkyl halides is 2. The second-order valence-electron chi connectivity index (χ2n) is 3.98. The molecule has 2 aliphatic rings. The first-order valence-corrected chi connectivity index (χ1v) is 6.28. The Kier molecular flexibility index (Phi) is 2.92. The zero-order valence-electron chi connectivity index (χ0n) is 9.40. The first kappa shape index (κ1) is 11.8. The molecule has 0 spiro atoms. The maximum absolute atomic E-state index is 5.86. The van der Waals surface area contributed by atoms with Crippen molar-refractivity contribution in [2.45, 2.75) is 4.46 Å². The highest BCUT2D eigenvalue weighted by Crippen LogP contribution is 2.29. The first-order chi connectivity index (χ1) is 8.64. The number of aliphatic imine (C=N–C) groups is 2. The van der Waals surface area contributed by atoms with Crippen molar-refractivity contribution in [2.75, 3.05) is 19.8 Å². The molecule has 1 aromatic rings. The van der Waals surface area contributed by atoms with Gasteiger partial charge in [0.05, 0.1) is 6.54 Å². The van der Waals surface area contributed by atoms with Gasteiger partial charge in [0.1, 0.15) is 13.2 Å². The van der Waals surface area contributed by atoms with Crippen LogP contribution in [0, 0.1) is 0 Å². The largest absolute Gasteiger partial charge is 0.476 e. The fourth-order valence-electron chi connectivity index (χ4n) is 1.78. The smallest absolute Gasteiger partial charge is 0.245 e. The van der Waals surface area contributed by atoms with Gasteiger partial charge in [0.25, 0.3) is 0 Å². The van der Waals surface area contributed by atoms with Crippen molar-refractivity contribution in [1.29, 1.82) is 0 Å². The zero-order chi connectivity index (χ0) is 12.6. The quantitative estimate of drug-likeness (QED) is 0.618. The summed E-state index contributed by atoms with van der Waals surface area (Å²) in [6.07, 6.45) is 0. The van der Waals surface area contributed by atoms with E-state index in [1.807, 2.05) is 24.3 Å². The summed E-state index contributed by atoms with van der Waals surface area (Å²) in [5.41, 5.74) is 1.78. The highest BCUT2D eigenvalue weighted by molar-refractivity contribution is 6.49. The van der Waals surface area contributed by atoms with Gasteiger partial charge in [-0.3, -0.25) is 0 Å². The average molecular weight is 285 g/mol. The molecule has 0 saturated heterocycles. The number of rotatable bonds is 2. The maximum Gasteiger partial charge on any atom is 0.245 e. The van der Waals surface area contributed by atoms with Crippen LogP contribution in [0.4, 0.5) is 0 Å². The molecule has 18 heavy (non-hydrogen) atoms. The summed E-state index contributed by atoms with van der Waals surface area (Å²) in [6, 6.07) is 7.59. The third-order valence-corrected chi connectivity index (χ3v) is 3.00.